The summed E-state index contributed by atoms with van der Waals surface area (Å²) in [6.45, 7) is 4.59. The van der Waals surface area contributed by atoms with Crippen LogP contribution < -0.4 is 5.32 Å². The first-order valence-corrected chi connectivity index (χ1v) is 8.46. The number of aliphatic hydroxyl groups is 1. The monoisotopic (exact) mass is 276 g/mol. The zero-order valence-corrected chi connectivity index (χ0v) is 11.8. The van der Waals surface area contributed by atoms with Crippen LogP contribution in [0.25, 0.3) is 0 Å². The van der Waals surface area contributed by atoms with E-state index in [0.717, 1.165) is 32.4 Å². The fourth-order valence-corrected chi connectivity index (χ4v) is 4.60. The minimum atomic E-state index is -3.21. The smallest absolute Gasteiger partial charge is 0.214 e. The van der Waals surface area contributed by atoms with E-state index in [1.807, 2.05) is 6.92 Å². The summed E-state index contributed by atoms with van der Waals surface area (Å²) in [6.07, 6.45) is 2.28. The Bertz CT molecular complexity index is 366. The van der Waals surface area contributed by atoms with Crippen LogP contribution in [-0.4, -0.2) is 55.9 Å². The first-order valence-electron chi connectivity index (χ1n) is 6.85. The number of nitrogens with one attached hydrogen (secondary N) is 1. The third-order valence-corrected chi connectivity index (χ3v) is 6.13. The van der Waals surface area contributed by atoms with E-state index in [1.54, 1.807) is 0 Å². The standard InChI is InChI=1S/C12H24N2O3S/c1-10-4-6-14(8-12(10)15)18(16,17)9-11-3-2-5-13-7-11/h10-13,15H,2-9H2,1H3. The average molecular weight is 276 g/mol. The maximum Gasteiger partial charge on any atom is 0.214 e. The van der Waals surface area contributed by atoms with Crippen LogP contribution >= 0.6 is 0 Å². The van der Waals surface area contributed by atoms with Crippen molar-refractivity contribution in [1.82, 2.24) is 9.62 Å². The molecular weight excluding hydrogens is 252 g/mol. The molecule has 0 aliphatic carbocycles. The third-order valence-electron chi connectivity index (χ3n) is 4.12. The molecule has 0 radical (unpaired) electrons. The predicted molar refractivity (Wildman–Crippen MR) is 70.7 cm³/mol. The largest absolute Gasteiger partial charge is 0.391 e. The van der Waals surface area contributed by atoms with Crippen molar-refractivity contribution in [3.8, 4) is 0 Å². The van der Waals surface area contributed by atoms with E-state index in [9.17, 15) is 13.5 Å². The second-order valence-electron chi connectivity index (χ2n) is 5.68. The first kappa shape index (κ1) is 14.2. The summed E-state index contributed by atoms with van der Waals surface area (Å²) >= 11 is 0. The Labute approximate surface area is 110 Å². The lowest BCUT2D eigenvalue weighted by molar-refractivity contribution is 0.0603. The minimum absolute atomic E-state index is 0.202. The number of sulfonamides is 1. The molecule has 18 heavy (non-hydrogen) atoms. The maximum absolute atomic E-state index is 12.3. The molecule has 6 heteroatoms. The fourth-order valence-electron chi connectivity index (χ4n) is 2.74. The molecular formula is C12H24N2O3S. The number of hydrogen-bond acceptors (Lipinski definition) is 4. The Morgan fingerprint density at radius 1 is 1.39 bits per heavy atom. The molecule has 2 fully saturated rings. The molecule has 0 saturated carbocycles. The van der Waals surface area contributed by atoms with Gasteiger partial charge in [-0.1, -0.05) is 6.92 Å². The summed E-state index contributed by atoms with van der Waals surface area (Å²) in [6, 6.07) is 0. The van der Waals surface area contributed by atoms with Crippen molar-refractivity contribution in [1.29, 1.82) is 0 Å². The van der Waals surface area contributed by atoms with Gasteiger partial charge in [0.05, 0.1) is 11.9 Å². The van der Waals surface area contributed by atoms with Crippen LogP contribution in [0.2, 0.25) is 0 Å². The molecule has 2 aliphatic heterocycles. The van der Waals surface area contributed by atoms with Crippen LogP contribution in [0.15, 0.2) is 0 Å². The van der Waals surface area contributed by atoms with Crippen LogP contribution in [0.4, 0.5) is 0 Å². The van der Waals surface area contributed by atoms with Gasteiger partial charge in [-0.15, -0.1) is 0 Å². The van der Waals surface area contributed by atoms with Gasteiger partial charge in [0.15, 0.2) is 0 Å². The molecule has 2 rings (SSSR count). The van der Waals surface area contributed by atoms with Crippen molar-refractivity contribution in [3.63, 3.8) is 0 Å². The first-order chi connectivity index (χ1) is 8.49. The summed E-state index contributed by atoms with van der Waals surface area (Å²) in [5, 5.41) is 13.0. The Kier molecular flexibility index (Phi) is 4.64. The fraction of sp³-hybridized carbons (Fsp3) is 1.00. The van der Waals surface area contributed by atoms with Gasteiger partial charge in [-0.25, -0.2) is 8.42 Å². The molecule has 3 atom stereocenters. The van der Waals surface area contributed by atoms with E-state index < -0.39 is 16.1 Å². The van der Waals surface area contributed by atoms with Gasteiger partial charge in [0, 0.05) is 13.1 Å². The van der Waals surface area contributed by atoms with Gasteiger partial charge in [-0.2, -0.15) is 4.31 Å². The Balaban J connectivity index is 1.93. The molecule has 0 aromatic carbocycles. The molecule has 2 heterocycles. The molecule has 5 nitrogen and oxygen atoms in total. The van der Waals surface area contributed by atoms with Crippen LogP contribution in [0, 0.1) is 11.8 Å². The number of hydrogen-bond donors (Lipinski definition) is 2. The lowest BCUT2D eigenvalue weighted by atomic mass is 9.98. The van der Waals surface area contributed by atoms with E-state index in [0.29, 0.717) is 6.54 Å². The Morgan fingerprint density at radius 3 is 2.78 bits per heavy atom. The predicted octanol–water partition coefficient (Wildman–Crippen LogP) is 0.0185. The molecule has 2 N–H and O–H groups in total. The summed E-state index contributed by atoms with van der Waals surface area (Å²) in [7, 11) is -3.21. The van der Waals surface area contributed by atoms with Crippen molar-refractivity contribution in [3.05, 3.63) is 0 Å². The Hall–Kier alpha value is -0.170. The third kappa shape index (κ3) is 3.44. The number of rotatable bonds is 3. The summed E-state index contributed by atoms with van der Waals surface area (Å²) in [4.78, 5) is 0. The van der Waals surface area contributed by atoms with Crippen molar-refractivity contribution in [2.75, 3.05) is 31.9 Å². The van der Waals surface area contributed by atoms with Crippen molar-refractivity contribution < 1.29 is 13.5 Å². The van der Waals surface area contributed by atoms with Crippen LogP contribution in [0.3, 0.4) is 0 Å². The molecule has 0 aromatic rings. The van der Waals surface area contributed by atoms with Crippen molar-refractivity contribution in [2.45, 2.75) is 32.3 Å². The zero-order chi connectivity index (χ0) is 13.2. The number of nitrogens with zero attached hydrogens (tertiary/aromatic N) is 1. The SMILES string of the molecule is CC1CCN(S(=O)(=O)CC2CCCNC2)CC1O. The molecule has 0 spiro atoms. The van der Waals surface area contributed by atoms with E-state index in [1.165, 1.54) is 4.31 Å². The molecule has 0 bridgehead atoms. The highest BCUT2D eigenvalue weighted by atomic mass is 32.2. The van der Waals surface area contributed by atoms with Crippen LogP contribution in [-0.2, 0) is 10.0 Å². The normalized spacial score (nSPS) is 35.6. The van der Waals surface area contributed by atoms with Gasteiger partial charge in [-0.3, -0.25) is 0 Å². The van der Waals surface area contributed by atoms with Crippen molar-refractivity contribution in [2.24, 2.45) is 11.8 Å². The molecule has 0 amide bonds. The zero-order valence-electron chi connectivity index (χ0n) is 11.0. The van der Waals surface area contributed by atoms with E-state index in [2.05, 4.69) is 5.32 Å². The lowest BCUT2D eigenvalue weighted by Gasteiger charge is -2.34. The number of aliphatic hydroxyl groups excluding tert-OH is 1. The Morgan fingerprint density at radius 2 is 2.17 bits per heavy atom. The molecule has 106 valence electrons. The van der Waals surface area contributed by atoms with Crippen LogP contribution in [0.5, 0.6) is 0 Å². The van der Waals surface area contributed by atoms with Gasteiger partial charge in [0.1, 0.15) is 0 Å². The van der Waals surface area contributed by atoms with Gasteiger partial charge in [-0.05, 0) is 44.2 Å². The number of piperidine rings is 2. The summed E-state index contributed by atoms with van der Waals surface area (Å²) < 4.78 is 26.1. The van der Waals surface area contributed by atoms with Gasteiger partial charge >= 0.3 is 0 Å². The van der Waals surface area contributed by atoms with Crippen molar-refractivity contribution >= 4 is 10.0 Å². The van der Waals surface area contributed by atoms with E-state index >= 15 is 0 Å². The van der Waals surface area contributed by atoms with E-state index in [-0.39, 0.29) is 24.1 Å². The molecule has 3 unspecified atom stereocenters. The van der Waals surface area contributed by atoms with Gasteiger partial charge in [0.25, 0.3) is 0 Å². The maximum atomic E-state index is 12.3. The summed E-state index contributed by atoms with van der Waals surface area (Å²) in [5.74, 6) is 0.647. The quantitative estimate of drug-likeness (QED) is 0.762. The van der Waals surface area contributed by atoms with E-state index in [4.69, 9.17) is 0 Å². The second-order valence-corrected chi connectivity index (χ2v) is 7.70. The summed E-state index contributed by atoms with van der Waals surface area (Å²) in [5.41, 5.74) is 0. The number of β-amino-alcohol motifs (C(OH)–C–C–N with tert-alkyl or cyclic N) is 1. The molecule has 2 saturated heterocycles. The topological polar surface area (TPSA) is 69.6 Å². The highest BCUT2D eigenvalue weighted by Crippen LogP contribution is 2.22. The highest BCUT2D eigenvalue weighted by molar-refractivity contribution is 7.89. The molecule has 0 aromatic heterocycles. The average Bonchev–Trinajstić information content (AvgIpc) is 2.33. The van der Waals surface area contributed by atoms with Gasteiger partial charge < -0.3 is 10.4 Å². The van der Waals surface area contributed by atoms with Crippen LogP contribution in [0.1, 0.15) is 26.2 Å². The second kappa shape index (κ2) is 5.86. The minimum Gasteiger partial charge on any atom is -0.391 e. The van der Waals surface area contributed by atoms with Gasteiger partial charge in [0.2, 0.25) is 10.0 Å². The lowest BCUT2D eigenvalue weighted by Crippen LogP contribution is -2.48. The molecule has 2 aliphatic rings. The highest BCUT2D eigenvalue weighted by Gasteiger charge is 2.33.